The molecule has 0 bridgehead atoms. The van der Waals surface area contributed by atoms with E-state index in [0.29, 0.717) is 17.3 Å². The van der Waals surface area contributed by atoms with Crippen molar-refractivity contribution < 1.29 is 9.53 Å². The highest BCUT2D eigenvalue weighted by atomic mass is 32.1. The average molecular weight is 384 g/mol. The number of anilines is 1. The highest BCUT2D eigenvalue weighted by Gasteiger charge is 2.13. The van der Waals surface area contributed by atoms with Crippen LogP contribution in [0.25, 0.3) is 0 Å². The molecule has 142 valence electrons. The van der Waals surface area contributed by atoms with Crippen LogP contribution in [0.15, 0.2) is 35.7 Å². The van der Waals surface area contributed by atoms with Gasteiger partial charge in [-0.25, -0.2) is 0 Å². The number of aryl methyl sites for hydroxylation is 4. The van der Waals surface area contributed by atoms with Gasteiger partial charge in [-0.15, -0.1) is 11.3 Å². The predicted octanol–water partition coefficient (Wildman–Crippen LogP) is 5.11. The van der Waals surface area contributed by atoms with Crippen LogP contribution in [0.3, 0.4) is 0 Å². The van der Waals surface area contributed by atoms with Crippen molar-refractivity contribution in [2.24, 2.45) is 0 Å². The Morgan fingerprint density at radius 2 is 2.04 bits per heavy atom. The van der Waals surface area contributed by atoms with Gasteiger partial charge in [0.25, 0.3) is 5.91 Å². The van der Waals surface area contributed by atoms with Crippen LogP contribution in [0.5, 0.6) is 5.75 Å². The van der Waals surface area contributed by atoms with Crippen LogP contribution in [0.4, 0.5) is 5.82 Å². The average Bonchev–Trinajstić information content (AvgIpc) is 3.22. The van der Waals surface area contributed by atoms with E-state index in [2.05, 4.69) is 30.3 Å². The van der Waals surface area contributed by atoms with Gasteiger partial charge in [0, 0.05) is 23.9 Å². The van der Waals surface area contributed by atoms with E-state index in [0.717, 1.165) is 35.5 Å². The van der Waals surface area contributed by atoms with Crippen molar-refractivity contribution in [3.05, 3.63) is 63.0 Å². The van der Waals surface area contributed by atoms with E-state index in [1.807, 2.05) is 48.2 Å². The minimum Gasteiger partial charge on any atom is -0.489 e. The molecule has 1 N–H and O–H groups in total. The molecule has 5 nitrogen and oxygen atoms in total. The van der Waals surface area contributed by atoms with Crippen LogP contribution >= 0.6 is 11.3 Å². The molecule has 0 saturated heterocycles. The first kappa shape index (κ1) is 19.2. The zero-order valence-electron chi connectivity index (χ0n) is 16.2. The Hall–Kier alpha value is -2.60. The largest absolute Gasteiger partial charge is 0.489 e. The summed E-state index contributed by atoms with van der Waals surface area (Å²) >= 11 is 1.41. The maximum absolute atomic E-state index is 12.5. The fourth-order valence-corrected chi connectivity index (χ4v) is 3.67. The van der Waals surface area contributed by atoms with Crippen LogP contribution in [-0.4, -0.2) is 15.7 Å². The van der Waals surface area contributed by atoms with Crippen LogP contribution in [-0.2, 0) is 13.2 Å². The molecule has 1 amide bonds. The van der Waals surface area contributed by atoms with E-state index in [9.17, 15) is 4.79 Å². The Labute approximate surface area is 164 Å². The second-order valence-electron chi connectivity index (χ2n) is 6.73. The summed E-state index contributed by atoms with van der Waals surface area (Å²) in [5.74, 6) is 1.32. The summed E-state index contributed by atoms with van der Waals surface area (Å²) in [7, 11) is 0. The maximum atomic E-state index is 12.5. The van der Waals surface area contributed by atoms with Crippen molar-refractivity contribution >= 4 is 23.1 Å². The fraction of sp³-hybridized carbons (Fsp3) is 0.333. The van der Waals surface area contributed by atoms with E-state index in [-0.39, 0.29) is 5.91 Å². The molecule has 1 aromatic carbocycles. The lowest BCUT2D eigenvalue weighted by Crippen LogP contribution is -2.11. The molecular formula is C21H25N3O2S. The summed E-state index contributed by atoms with van der Waals surface area (Å²) in [5, 5.41) is 9.27. The molecule has 0 aliphatic carbocycles. The molecule has 0 atom stereocenters. The second kappa shape index (κ2) is 8.39. The van der Waals surface area contributed by atoms with E-state index >= 15 is 0 Å². The summed E-state index contributed by atoms with van der Waals surface area (Å²) in [6.07, 6.45) is 1.00. The van der Waals surface area contributed by atoms with Crippen molar-refractivity contribution in [2.75, 3.05) is 5.32 Å². The molecule has 0 unspecified atom stereocenters. The number of hydrogen-bond donors (Lipinski definition) is 1. The number of rotatable bonds is 7. The Bertz CT molecular complexity index is 943. The van der Waals surface area contributed by atoms with E-state index in [4.69, 9.17) is 4.74 Å². The van der Waals surface area contributed by atoms with Crippen LogP contribution in [0.2, 0.25) is 0 Å². The Morgan fingerprint density at radius 3 is 2.78 bits per heavy atom. The lowest BCUT2D eigenvalue weighted by molar-refractivity contribution is 0.103. The lowest BCUT2D eigenvalue weighted by atomic mass is 10.1. The normalized spacial score (nSPS) is 10.8. The van der Waals surface area contributed by atoms with E-state index < -0.39 is 0 Å². The zero-order valence-corrected chi connectivity index (χ0v) is 17.0. The smallest absolute Gasteiger partial charge is 0.266 e. The molecule has 6 heteroatoms. The van der Waals surface area contributed by atoms with Gasteiger partial charge in [0.05, 0.1) is 4.88 Å². The van der Waals surface area contributed by atoms with E-state index in [1.54, 1.807) is 0 Å². The third kappa shape index (κ3) is 4.77. The van der Waals surface area contributed by atoms with Gasteiger partial charge in [-0.3, -0.25) is 9.48 Å². The molecule has 3 aromatic rings. The van der Waals surface area contributed by atoms with Crippen molar-refractivity contribution in [1.29, 1.82) is 0 Å². The number of aromatic nitrogens is 2. The van der Waals surface area contributed by atoms with Gasteiger partial charge in [-0.05, 0) is 50.3 Å². The topological polar surface area (TPSA) is 56.2 Å². The standard InChI is InChI=1S/C21H25N3O2S/c1-5-8-24-16(4)10-20(23-24)22-21(25)19-11-17(13-27-19)12-26-18-7-6-14(2)9-15(18)3/h6-7,9-11,13H,5,8,12H2,1-4H3,(H,22,23,25). The maximum Gasteiger partial charge on any atom is 0.266 e. The number of benzene rings is 1. The van der Waals surface area contributed by atoms with Gasteiger partial charge in [-0.2, -0.15) is 5.10 Å². The Morgan fingerprint density at radius 1 is 1.22 bits per heavy atom. The molecule has 2 aromatic heterocycles. The van der Waals surface area contributed by atoms with Crippen molar-refractivity contribution in [2.45, 2.75) is 47.3 Å². The second-order valence-corrected chi connectivity index (χ2v) is 7.64. The molecule has 0 aliphatic rings. The van der Waals surface area contributed by atoms with Gasteiger partial charge < -0.3 is 10.1 Å². The monoisotopic (exact) mass is 383 g/mol. The number of thiophene rings is 1. The molecule has 3 rings (SSSR count). The van der Waals surface area contributed by atoms with Gasteiger partial charge >= 0.3 is 0 Å². The lowest BCUT2D eigenvalue weighted by Gasteiger charge is -2.08. The SMILES string of the molecule is CCCn1nc(NC(=O)c2cc(COc3ccc(C)cc3C)cs2)cc1C. The molecule has 0 aliphatic heterocycles. The van der Waals surface area contributed by atoms with Crippen molar-refractivity contribution in [3.63, 3.8) is 0 Å². The molecular weight excluding hydrogens is 358 g/mol. The molecule has 0 radical (unpaired) electrons. The number of carbonyl (C=O) groups is 1. The minimum absolute atomic E-state index is 0.140. The van der Waals surface area contributed by atoms with Gasteiger partial charge in [0.15, 0.2) is 5.82 Å². The van der Waals surface area contributed by atoms with Crippen LogP contribution < -0.4 is 10.1 Å². The van der Waals surface area contributed by atoms with Gasteiger partial charge in [-0.1, -0.05) is 24.6 Å². The highest BCUT2D eigenvalue weighted by molar-refractivity contribution is 7.12. The first-order valence-corrected chi connectivity index (χ1v) is 9.97. The molecule has 2 heterocycles. The predicted molar refractivity (Wildman–Crippen MR) is 110 cm³/mol. The van der Waals surface area contributed by atoms with Crippen molar-refractivity contribution in [1.82, 2.24) is 9.78 Å². The first-order valence-electron chi connectivity index (χ1n) is 9.09. The number of carbonyl (C=O) groups excluding carboxylic acids is 1. The quantitative estimate of drug-likeness (QED) is 0.617. The Kier molecular flexibility index (Phi) is 5.96. The molecule has 0 fully saturated rings. The highest BCUT2D eigenvalue weighted by Crippen LogP contribution is 2.22. The number of amides is 1. The molecule has 0 saturated carbocycles. The third-order valence-electron chi connectivity index (χ3n) is 4.26. The number of nitrogens with zero attached hydrogens (tertiary/aromatic N) is 2. The zero-order chi connectivity index (χ0) is 19.4. The van der Waals surface area contributed by atoms with Gasteiger partial charge in [0.2, 0.25) is 0 Å². The summed E-state index contributed by atoms with van der Waals surface area (Å²) in [4.78, 5) is 13.1. The molecule has 0 spiro atoms. The summed E-state index contributed by atoms with van der Waals surface area (Å²) in [5.41, 5.74) is 4.35. The Balaban J connectivity index is 1.61. The minimum atomic E-state index is -0.140. The number of hydrogen-bond acceptors (Lipinski definition) is 4. The number of nitrogens with one attached hydrogen (secondary N) is 1. The fourth-order valence-electron chi connectivity index (χ4n) is 2.88. The molecule has 27 heavy (non-hydrogen) atoms. The third-order valence-corrected chi connectivity index (χ3v) is 5.24. The summed E-state index contributed by atoms with van der Waals surface area (Å²) < 4.78 is 7.80. The summed E-state index contributed by atoms with van der Waals surface area (Å²) in [6.45, 7) is 9.49. The van der Waals surface area contributed by atoms with Crippen LogP contribution in [0, 0.1) is 20.8 Å². The number of ether oxygens (including phenoxy) is 1. The van der Waals surface area contributed by atoms with Gasteiger partial charge in [0.1, 0.15) is 12.4 Å². The van der Waals surface area contributed by atoms with E-state index in [1.165, 1.54) is 16.9 Å². The van der Waals surface area contributed by atoms with Crippen LogP contribution in [0.1, 0.15) is 45.4 Å². The first-order chi connectivity index (χ1) is 13.0. The summed E-state index contributed by atoms with van der Waals surface area (Å²) in [6, 6.07) is 9.89. The van der Waals surface area contributed by atoms with Crippen molar-refractivity contribution in [3.8, 4) is 5.75 Å².